The zero-order chi connectivity index (χ0) is 25.8. The lowest BCUT2D eigenvalue weighted by molar-refractivity contribution is 0.165. The molecule has 7 heteroatoms. The Kier molecular flexibility index (Phi) is 7.79. The molecule has 1 saturated carbocycles. The number of benzene rings is 2. The molecule has 1 fully saturated rings. The van der Waals surface area contributed by atoms with Crippen LogP contribution in [0.3, 0.4) is 0 Å². The second-order valence-electron chi connectivity index (χ2n) is 10.5. The van der Waals surface area contributed by atoms with Crippen LogP contribution < -0.4 is 5.56 Å². The molecule has 0 bridgehead atoms. The van der Waals surface area contributed by atoms with Crippen LogP contribution in [-0.2, 0) is 13.0 Å². The zero-order valence-corrected chi connectivity index (χ0v) is 22.3. The van der Waals surface area contributed by atoms with E-state index in [1.165, 1.54) is 30.4 Å². The molecule has 2 heterocycles. The molecule has 0 spiro atoms. The first-order chi connectivity index (χ1) is 18.0. The van der Waals surface area contributed by atoms with Crippen molar-refractivity contribution in [2.45, 2.75) is 84.3 Å². The summed E-state index contributed by atoms with van der Waals surface area (Å²) < 4.78 is 2.08. The summed E-state index contributed by atoms with van der Waals surface area (Å²) in [7, 11) is 0. The van der Waals surface area contributed by atoms with Gasteiger partial charge in [-0.15, -0.1) is 5.10 Å². The van der Waals surface area contributed by atoms with Crippen LogP contribution in [0.5, 0.6) is 0 Å². The van der Waals surface area contributed by atoms with Gasteiger partial charge in [0, 0.05) is 18.7 Å². The zero-order valence-electron chi connectivity index (χ0n) is 22.3. The fourth-order valence-corrected chi connectivity index (χ4v) is 5.78. The van der Waals surface area contributed by atoms with Gasteiger partial charge in [0.05, 0.1) is 17.6 Å². The number of tetrazole rings is 1. The lowest BCUT2D eigenvalue weighted by atomic mass is 9.95. The van der Waals surface area contributed by atoms with Gasteiger partial charge < -0.3 is 4.98 Å². The van der Waals surface area contributed by atoms with Crippen LogP contribution in [0.2, 0.25) is 0 Å². The van der Waals surface area contributed by atoms with Crippen LogP contribution in [-0.4, -0.2) is 36.6 Å². The van der Waals surface area contributed by atoms with E-state index in [0.717, 1.165) is 60.1 Å². The standard InChI is InChI=1S/C30H38N6O/c1-4-27(29-32-33-34-36(29)26-13-9-6-10-14-26)35(18-17-23-11-7-5-8-12-23)20-25-19-24-16-15-21(2)22(3)28(24)31-30(25)37/h5,7-8,11-12,15-16,19,26-27H,4,6,9-10,13-14,17-18,20H2,1-3H3,(H,31,37). The number of nitrogens with one attached hydrogen (secondary N) is 1. The Hall–Kier alpha value is -3.32. The van der Waals surface area contributed by atoms with Crippen molar-refractivity contribution in [3.8, 4) is 0 Å². The molecule has 0 amide bonds. The Morgan fingerprint density at radius 2 is 1.86 bits per heavy atom. The van der Waals surface area contributed by atoms with Gasteiger partial charge >= 0.3 is 0 Å². The maximum atomic E-state index is 13.3. The molecule has 1 aliphatic rings. The maximum Gasteiger partial charge on any atom is 0.252 e. The Bertz CT molecular complexity index is 1390. The molecule has 2 aromatic carbocycles. The molecule has 7 nitrogen and oxygen atoms in total. The van der Waals surface area contributed by atoms with Crippen molar-refractivity contribution in [2.75, 3.05) is 6.54 Å². The Morgan fingerprint density at radius 1 is 1.08 bits per heavy atom. The minimum atomic E-state index is -0.0207. The van der Waals surface area contributed by atoms with Gasteiger partial charge in [-0.05, 0) is 78.1 Å². The van der Waals surface area contributed by atoms with E-state index in [9.17, 15) is 4.79 Å². The minimum absolute atomic E-state index is 0.0207. The van der Waals surface area contributed by atoms with E-state index >= 15 is 0 Å². The van der Waals surface area contributed by atoms with Crippen LogP contribution in [0, 0.1) is 13.8 Å². The molecule has 5 rings (SSSR count). The third-order valence-electron chi connectivity index (χ3n) is 8.10. The molecule has 37 heavy (non-hydrogen) atoms. The highest BCUT2D eigenvalue weighted by molar-refractivity contribution is 5.83. The fraction of sp³-hybridized carbons (Fsp3) is 0.467. The molecule has 0 saturated heterocycles. The molecule has 0 aliphatic heterocycles. The quantitative estimate of drug-likeness (QED) is 0.314. The second kappa shape index (κ2) is 11.4. The number of aryl methyl sites for hydroxylation is 2. The number of nitrogens with zero attached hydrogens (tertiary/aromatic N) is 5. The fourth-order valence-electron chi connectivity index (χ4n) is 5.78. The molecule has 1 atom stereocenters. The van der Waals surface area contributed by atoms with E-state index in [1.807, 2.05) is 6.07 Å². The van der Waals surface area contributed by atoms with E-state index in [1.54, 1.807) is 0 Å². The molecule has 2 aromatic heterocycles. The molecule has 4 aromatic rings. The average molecular weight is 499 g/mol. The van der Waals surface area contributed by atoms with Crippen LogP contribution >= 0.6 is 0 Å². The predicted molar refractivity (Wildman–Crippen MR) is 148 cm³/mol. The van der Waals surface area contributed by atoms with Gasteiger partial charge in [-0.25, -0.2) is 4.68 Å². The topological polar surface area (TPSA) is 79.7 Å². The number of pyridine rings is 1. The lowest BCUT2D eigenvalue weighted by Gasteiger charge is -2.32. The Labute approximate surface area is 218 Å². The van der Waals surface area contributed by atoms with Gasteiger partial charge in [0.2, 0.25) is 0 Å². The predicted octanol–water partition coefficient (Wildman–Crippen LogP) is 5.83. The number of aromatic amines is 1. The molecule has 0 radical (unpaired) electrons. The molecular weight excluding hydrogens is 460 g/mol. The molecule has 1 aliphatic carbocycles. The highest BCUT2D eigenvalue weighted by atomic mass is 16.1. The first kappa shape index (κ1) is 25.3. The number of fused-ring (bicyclic) bond motifs is 1. The van der Waals surface area contributed by atoms with Gasteiger partial charge in [-0.3, -0.25) is 9.69 Å². The maximum absolute atomic E-state index is 13.3. The van der Waals surface area contributed by atoms with Crippen LogP contribution in [0.15, 0.2) is 53.3 Å². The number of aromatic nitrogens is 5. The summed E-state index contributed by atoms with van der Waals surface area (Å²) in [4.78, 5) is 18.9. The molecular formula is C30H38N6O. The SMILES string of the molecule is CCC(c1nnnn1C1CCCCC1)N(CCc1ccccc1)Cc1cc2ccc(C)c(C)c2[nH]c1=O. The summed E-state index contributed by atoms with van der Waals surface area (Å²) in [5, 5.41) is 14.2. The van der Waals surface area contributed by atoms with Gasteiger partial charge in [-0.2, -0.15) is 0 Å². The van der Waals surface area contributed by atoms with Crippen molar-refractivity contribution < 1.29 is 0 Å². The van der Waals surface area contributed by atoms with Crippen molar-refractivity contribution in [3.63, 3.8) is 0 Å². The van der Waals surface area contributed by atoms with Crippen molar-refractivity contribution >= 4 is 10.9 Å². The summed E-state index contributed by atoms with van der Waals surface area (Å²) in [5.74, 6) is 0.922. The average Bonchev–Trinajstić information content (AvgIpc) is 3.41. The van der Waals surface area contributed by atoms with Crippen LogP contribution in [0.1, 0.15) is 85.6 Å². The van der Waals surface area contributed by atoms with Crippen molar-refractivity contribution in [1.29, 1.82) is 0 Å². The largest absolute Gasteiger partial charge is 0.321 e. The Balaban J connectivity index is 1.49. The van der Waals surface area contributed by atoms with Crippen molar-refractivity contribution in [3.05, 3.63) is 87.0 Å². The van der Waals surface area contributed by atoms with E-state index in [2.05, 4.69) is 93.3 Å². The Morgan fingerprint density at radius 3 is 2.62 bits per heavy atom. The summed E-state index contributed by atoms with van der Waals surface area (Å²) >= 11 is 0. The monoisotopic (exact) mass is 498 g/mol. The molecule has 1 unspecified atom stereocenters. The van der Waals surface area contributed by atoms with E-state index in [4.69, 9.17) is 0 Å². The van der Waals surface area contributed by atoms with E-state index in [0.29, 0.717) is 12.6 Å². The lowest BCUT2D eigenvalue weighted by Crippen LogP contribution is -2.35. The normalized spacial score (nSPS) is 15.5. The summed E-state index contributed by atoms with van der Waals surface area (Å²) in [6.07, 6.45) is 7.76. The third kappa shape index (κ3) is 5.52. The van der Waals surface area contributed by atoms with Gasteiger partial charge in [0.1, 0.15) is 0 Å². The van der Waals surface area contributed by atoms with Crippen LogP contribution in [0.25, 0.3) is 10.9 Å². The summed E-state index contributed by atoms with van der Waals surface area (Å²) in [6, 6.07) is 17.2. The van der Waals surface area contributed by atoms with Crippen LogP contribution in [0.4, 0.5) is 0 Å². The van der Waals surface area contributed by atoms with Crippen molar-refractivity contribution in [1.82, 2.24) is 30.1 Å². The van der Waals surface area contributed by atoms with Gasteiger partial charge in [0.15, 0.2) is 5.82 Å². The highest BCUT2D eigenvalue weighted by Gasteiger charge is 2.29. The summed E-state index contributed by atoms with van der Waals surface area (Å²) in [5.41, 5.74) is 5.28. The first-order valence-electron chi connectivity index (χ1n) is 13.7. The number of H-pyrrole nitrogens is 1. The number of hydrogen-bond acceptors (Lipinski definition) is 5. The summed E-state index contributed by atoms with van der Waals surface area (Å²) in [6.45, 7) is 7.69. The number of hydrogen-bond donors (Lipinski definition) is 1. The molecule has 1 N–H and O–H groups in total. The highest BCUT2D eigenvalue weighted by Crippen LogP contribution is 2.32. The van der Waals surface area contributed by atoms with Gasteiger partial charge in [0.25, 0.3) is 5.56 Å². The number of rotatable bonds is 9. The third-order valence-corrected chi connectivity index (χ3v) is 8.10. The minimum Gasteiger partial charge on any atom is -0.321 e. The second-order valence-corrected chi connectivity index (χ2v) is 10.5. The molecule has 194 valence electrons. The smallest absolute Gasteiger partial charge is 0.252 e. The van der Waals surface area contributed by atoms with E-state index in [-0.39, 0.29) is 11.6 Å². The van der Waals surface area contributed by atoms with E-state index < -0.39 is 0 Å². The van der Waals surface area contributed by atoms with Crippen molar-refractivity contribution in [2.24, 2.45) is 0 Å². The first-order valence-corrected chi connectivity index (χ1v) is 13.7. The van der Waals surface area contributed by atoms with Gasteiger partial charge in [-0.1, -0.05) is 68.7 Å².